The van der Waals surface area contributed by atoms with Crippen molar-refractivity contribution >= 4 is 17.5 Å². The van der Waals surface area contributed by atoms with Gasteiger partial charge in [-0.25, -0.2) is 0 Å². The summed E-state index contributed by atoms with van der Waals surface area (Å²) in [6.07, 6.45) is 0.111. The van der Waals surface area contributed by atoms with Gasteiger partial charge in [-0.05, 0) is 24.1 Å². The molecule has 0 radical (unpaired) electrons. The van der Waals surface area contributed by atoms with E-state index in [1.54, 1.807) is 30.2 Å². The van der Waals surface area contributed by atoms with Gasteiger partial charge < -0.3 is 14.7 Å². The van der Waals surface area contributed by atoms with Gasteiger partial charge in [-0.3, -0.25) is 4.79 Å². The van der Waals surface area contributed by atoms with Gasteiger partial charge in [0.25, 0.3) is 0 Å². The number of carbonyl (C=O) groups excluding carboxylic acids is 1. The summed E-state index contributed by atoms with van der Waals surface area (Å²) < 4.78 is 5.04. The molecule has 1 aromatic rings. The van der Waals surface area contributed by atoms with Crippen molar-refractivity contribution in [2.75, 3.05) is 20.2 Å². The van der Waals surface area contributed by atoms with Crippen molar-refractivity contribution in [1.29, 1.82) is 0 Å². The average molecular weight is 270 g/mol. The summed E-state index contributed by atoms with van der Waals surface area (Å²) in [5.41, 5.74) is 0.708. The number of carbonyl (C=O) groups is 1. The first kappa shape index (κ1) is 13.2. The molecule has 1 aliphatic heterocycles. The molecule has 1 unspecified atom stereocenters. The van der Waals surface area contributed by atoms with Gasteiger partial charge >= 0.3 is 0 Å². The summed E-state index contributed by atoms with van der Waals surface area (Å²) in [4.78, 5) is 13.2. The van der Waals surface area contributed by atoms with Crippen LogP contribution in [0.25, 0.3) is 0 Å². The maximum atomic E-state index is 11.5. The largest absolute Gasteiger partial charge is 0.495 e. The molecular formula is C13H16ClNO3. The number of ether oxygens (including phenoxy) is 1. The van der Waals surface area contributed by atoms with Crippen LogP contribution in [0, 0.1) is 0 Å². The van der Waals surface area contributed by atoms with Crippen LogP contribution in [-0.2, 0) is 4.79 Å². The van der Waals surface area contributed by atoms with Gasteiger partial charge in [-0.15, -0.1) is 0 Å². The monoisotopic (exact) mass is 269 g/mol. The van der Waals surface area contributed by atoms with Gasteiger partial charge in [0.2, 0.25) is 5.91 Å². The Morgan fingerprint density at radius 1 is 1.56 bits per heavy atom. The Morgan fingerprint density at radius 2 is 2.28 bits per heavy atom. The fraction of sp³-hybridized carbons (Fsp3) is 0.462. The van der Waals surface area contributed by atoms with Crippen molar-refractivity contribution in [3.63, 3.8) is 0 Å². The second-order valence-electron chi connectivity index (χ2n) is 4.33. The number of benzene rings is 1. The summed E-state index contributed by atoms with van der Waals surface area (Å²) >= 11 is 5.99. The quantitative estimate of drug-likeness (QED) is 0.832. The lowest BCUT2D eigenvalue weighted by Gasteiger charge is -2.12. The molecule has 1 saturated heterocycles. The van der Waals surface area contributed by atoms with Crippen LogP contribution in [0.5, 0.6) is 5.75 Å². The molecule has 0 aliphatic carbocycles. The van der Waals surface area contributed by atoms with Crippen molar-refractivity contribution in [1.82, 2.24) is 4.90 Å². The number of rotatable bonds is 5. The molecule has 0 bridgehead atoms. The molecule has 5 heteroatoms. The maximum absolute atomic E-state index is 11.5. The van der Waals surface area contributed by atoms with Gasteiger partial charge in [0.1, 0.15) is 5.75 Å². The lowest BCUT2D eigenvalue weighted by molar-refractivity contribution is -0.126. The van der Waals surface area contributed by atoms with E-state index in [0.717, 1.165) is 13.1 Å². The molecule has 0 aromatic heterocycles. The lowest BCUT2D eigenvalue weighted by Crippen LogP contribution is -2.11. The van der Waals surface area contributed by atoms with Crippen LogP contribution in [0.1, 0.15) is 24.5 Å². The zero-order valence-corrected chi connectivity index (χ0v) is 11.0. The molecule has 1 fully saturated rings. The molecule has 1 heterocycles. The van der Waals surface area contributed by atoms with Gasteiger partial charge in [-0.2, -0.15) is 0 Å². The standard InChI is InChI=1S/C13H16ClNO3/c1-18-12-4-2-9(8-10(12)14)11(16)3-5-13(17)15-6-7-15/h2,4,8,11,16H,3,5-7H2,1H3. The van der Waals surface area contributed by atoms with E-state index < -0.39 is 6.10 Å². The molecule has 1 atom stereocenters. The van der Waals surface area contributed by atoms with E-state index in [-0.39, 0.29) is 5.91 Å². The molecule has 1 aromatic carbocycles. The van der Waals surface area contributed by atoms with Crippen LogP contribution >= 0.6 is 11.6 Å². The number of halogens is 1. The molecule has 4 nitrogen and oxygen atoms in total. The highest BCUT2D eigenvalue weighted by molar-refractivity contribution is 6.32. The normalized spacial score (nSPS) is 15.4. The number of hydrogen-bond donors (Lipinski definition) is 1. The Hall–Kier alpha value is -1.26. The average Bonchev–Trinajstić information content (AvgIpc) is 3.19. The third-order valence-electron chi connectivity index (χ3n) is 2.99. The fourth-order valence-electron chi connectivity index (χ4n) is 1.77. The van der Waals surface area contributed by atoms with E-state index in [4.69, 9.17) is 16.3 Å². The van der Waals surface area contributed by atoms with E-state index in [9.17, 15) is 9.90 Å². The number of hydrogen-bond acceptors (Lipinski definition) is 3. The zero-order valence-electron chi connectivity index (χ0n) is 10.2. The van der Waals surface area contributed by atoms with Gasteiger partial charge in [0.15, 0.2) is 0 Å². The maximum Gasteiger partial charge on any atom is 0.222 e. The predicted molar refractivity (Wildman–Crippen MR) is 68.8 cm³/mol. The van der Waals surface area contributed by atoms with Gasteiger partial charge in [-0.1, -0.05) is 17.7 Å². The van der Waals surface area contributed by atoms with Crippen molar-refractivity contribution in [2.24, 2.45) is 0 Å². The molecule has 98 valence electrons. The van der Waals surface area contributed by atoms with E-state index in [2.05, 4.69) is 0 Å². The van der Waals surface area contributed by atoms with Crippen LogP contribution < -0.4 is 4.74 Å². The highest BCUT2D eigenvalue weighted by atomic mass is 35.5. The van der Waals surface area contributed by atoms with Crippen LogP contribution in [0.2, 0.25) is 5.02 Å². The van der Waals surface area contributed by atoms with Crippen LogP contribution in [0.3, 0.4) is 0 Å². The Morgan fingerprint density at radius 3 is 2.83 bits per heavy atom. The van der Waals surface area contributed by atoms with Gasteiger partial charge in [0.05, 0.1) is 18.2 Å². The lowest BCUT2D eigenvalue weighted by atomic mass is 10.0. The number of aliphatic hydroxyl groups excluding tert-OH is 1. The number of amides is 1. The smallest absolute Gasteiger partial charge is 0.222 e. The van der Waals surface area contributed by atoms with Gasteiger partial charge in [0, 0.05) is 19.5 Å². The van der Waals surface area contributed by atoms with E-state index in [0.29, 0.717) is 29.2 Å². The molecule has 1 N–H and O–H groups in total. The minimum atomic E-state index is -0.669. The predicted octanol–water partition coefficient (Wildman–Crippen LogP) is 2.00. The highest BCUT2D eigenvalue weighted by Crippen LogP contribution is 2.29. The first-order valence-corrected chi connectivity index (χ1v) is 6.29. The van der Waals surface area contributed by atoms with Crippen molar-refractivity contribution < 1.29 is 14.6 Å². The minimum Gasteiger partial charge on any atom is -0.495 e. The van der Waals surface area contributed by atoms with Crippen LogP contribution in [0.15, 0.2) is 18.2 Å². The third kappa shape index (κ3) is 3.15. The zero-order chi connectivity index (χ0) is 13.1. The highest BCUT2D eigenvalue weighted by Gasteiger charge is 2.24. The van der Waals surface area contributed by atoms with Crippen LogP contribution in [0.4, 0.5) is 0 Å². The van der Waals surface area contributed by atoms with Crippen molar-refractivity contribution in [3.8, 4) is 5.75 Å². The fourth-order valence-corrected chi connectivity index (χ4v) is 2.04. The molecular weight excluding hydrogens is 254 g/mol. The van der Waals surface area contributed by atoms with Crippen molar-refractivity contribution in [3.05, 3.63) is 28.8 Å². The molecule has 0 saturated carbocycles. The van der Waals surface area contributed by atoms with E-state index in [1.165, 1.54) is 0 Å². The Labute approximate surface area is 111 Å². The van der Waals surface area contributed by atoms with E-state index in [1.807, 2.05) is 0 Å². The second kappa shape index (κ2) is 5.59. The molecule has 1 aliphatic rings. The topological polar surface area (TPSA) is 49.5 Å². The molecule has 1 amide bonds. The summed E-state index contributed by atoms with van der Waals surface area (Å²) in [6, 6.07) is 5.15. The Balaban J connectivity index is 1.93. The number of aliphatic hydroxyl groups is 1. The summed E-state index contributed by atoms with van der Waals surface area (Å²) in [6.45, 7) is 1.70. The summed E-state index contributed by atoms with van der Waals surface area (Å²) in [7, 11) is 1.54. The minimum absolute atomic E-state index is 0.105. The summed E-state index contributed by atoms with van der Waals surface area (Å²) in [5.74, 6) is 0.682. The van der Waals surface area contributed by atoms with Crippen molar-refractivity contribution in [2.45, 2.75) is 18.9 Å². The number of methoxy groups -OCH3 is 1. The third-order valence-corrected chi connectivity index (χ3v) is 3.29. The second-order valence-corrected chi connectivity index (χ2v) is 4.74. The van der Waals surface area contributed by atoms with Crippen LogP contribution in [-0.4, -0.2) is 36.1 Å². The first-order valence-electron chi connectivity index (χ1n) is 5.91. The number of nitrogens with zero attached hydrogens (tertiary/aromatic N) is 1. The molecule has 18 heavy (non-hydrogen) atoms. The molecule has 2 rings (SSSR count). The Bertz CT molecular complexity index is 446. The first-order chi connectivity index (χ1) is 8.61. The summed E-state index contributed by atoms with van der Waals surface area (Å²) in [5, 5.41) is 10.5. The SMILES string of the molecule is COc1ccc(C(O)CCC(=O)N2CC2)cc1Cl. The Kier molecular flexibility index (Phi) is 4.09. The molecule has 0 spiro atoms. The van der Waals surface area contributed by atoms with E-state index >= 15 is 0 Å².